The monoisotopic (exact) mass is 260 g/mol. The predicted molar refractivity (Wildman–Crippen MR) is 86.3 cm³/mol. The zero-order valence-corrected chi connectivity index (χ0v) is 13.3. The molecule has 1 rings (SSSR count). The largest absolute Gasteiger partial charge is 0.103 e. The van der Waals surface area contributed by atoms with E-state index in [0.29, 0.717) is 5.54 Å². The highest BCUT2D eigenvalue weighted by Gasteiger charge is 2.30. The third-order valence-corrected chi connectivity index (χ3v) is 8.30. The Morgan fingerprint density at radius 3 is 2.33 bits per heavy atom. The summed E-state index contributed by atoms with van der Waals surface area (Å²) in [6, 6.07) is 11.0. The molecule has 0 aliphatic rings. The van der Waals surface area contributed by atoms with Crippen LogP contribution < -0.4 is 5.19 Å². The Balaban J connectivity index is 2.65. The van der Waals surface area contributed by atoms with Crippen molar-refractivity contribution in [1.29, 1.82) is 0 Å². The molecule has 0 aliphatic carbocycles. The van der Waals surface area contributed by atoms with E-state index in [4.69, 9.17) is 0 Å². The van der Waals surface area contributed by atoms with Crippen LogP contribution in [0.15, 0.2) is 43.0 Å². The van der Waals surface area contributed by atoms with Crippen LogP contribution in [0.1, 0.15) is 39.0 Å². The summed E-state index contributed by atoms with van der Waals surface area (Å²) in [5, 5.41) is 1.56. The smallest absolute Gasteiger partial charge is 0.0873 e. The fraction of sp³-hybridized carbons (Fsp3) is 0.529. The molecule has 1 unspecified atom stereocenters. The number of hydrogen-bond donors (Lipinski definition) is 0. The van der Waals surface area contributed by atoms with Crippen LogP contribution in [0.25, 0.3) is 0 Å². The van der Waals surface area contributed by atoms with Gasteiger partial charge >= 0.3 is 0 Å². The maximum absolute atomic E-state index is 4.09. The molecule has 0 nitrogen and oxygen atoms in total. The third kappa shape index (κ3) is 4.13. The van der Waals surface area contributed by atoms with Crippen molar-refractivity contribution in [2.75, 3.05) is 0 Å². The van der Waals surface area contributed by atoms with E-state index in [1.165, 1.54) is 32.1 Å². The van der Waals surface area contributed by atoms with Gasteiger partial charge in [-0.05, 0) is 12.0 Å². The Hall–Kier alpha value is -0.823. The molecule has 1 aromatic rings. The molecule has 0 saturated carbocycles. The van der Waals surface area contributed by atoms with Crippen LogP contribution in [-0.2, 0) is 0 Å². The Morgan fingerprint density at radius 1 is 1.11 bits per heavy atom. The Labute approximate surface area is 114 Å². The van der Waals surface area contributed by atoms with Gasteiger partial charge < -0.3 is 0 Å². The lowest BCUT2D eigenvalue weighted by molar-refractivity contribution is 0.632. The summed E-state index contributed by atoms with van der Waals surface area (Å²) in [6.07, 6.45) is 8.95. The molecule has 0 fully saturated rings. The summed E-state index contributed by atoms with van der Waals surface area (Å²) in [5.74, 6) is 0. The SMILES string of the molecule is C=CC(CCCCCC)[Si](C)(C)c1ccccc1. The Morgan fingerprint density at radius 2 is 1.78 bits per heavy atom. The summed E-state index contributed by atoms with van der Waals surface area (Å²) >= 11 is 0. The summed E-state index contributed by atoms with van der Waals surface area (Å²) in [7, 11) is -1.39. The van der Waals surface area contributed by atoms with Crippen molar-refractivity contribution in [1.82, 2.24) is 0 Å². The van der Waals surface area contributed by atoms with E-state index in [2.05, 4.69) is 63.0 Å². The van der Waals surface area contributed by atoms with Gasteiger partial charge in [-0.25, -0.2) is 0 Å². The van der Waals surface area contributed by atoms with E-state index in [9.17, 15) is 0 Å². The molecule has 1 aromatic carbocycles. The quantitative estimate of drug-likeness (QED) is 0.345. The topological polar surface area (TPSA) is 0 Å². The van der Waals surface area contributed by atoms with Crippen molar-refractivity contribution in [3.63, 3.8) is 0 Å². The fourth-order valence-corrected chi connectivity index (χ4v) is 5.64. The first-order valence-electron chi connectivity index (χ1n) is 7.31. The molecule has 18 heavy (non-hydrogen) atoms. The number of allylic oxidation sites excluding steroid dienone is 1. The standard InChI is InChI=1S/C17H28Si/c1-5-7-8-10-13-16(6-2)18(3,4)17-14-11-9-12-15-17/h6,9,11-12,14-16H,2,5,7-8,10,13H2,1,3-4H3. The van der Waals surface area contributed by atoms with E-state index in [0.717, 1.165) is 0 Å². The van der Waals surface area contributed by atoms with Gasteiger partial charge in [0.05, 0.1) is 8.07 Å². The van der Waals surface area contributed by atoms with Crippen LogP contribution in [0.4, 0.5) is 0 Å². The van der Waals surface area contributed by atoms with Gasteiger partial charge in [-0.15, -0.1) is 6.58 Å². The van der Waals surface area contributed by atoms with E-state index < -0.39 is 8.07 Å². The predicted octanol–water partition coefficient (Wildman–Crippen LogP) is 5.13. The van der Waals surface area contributed by atoms with Crippen molar-refractivity contribution in [2.24, 2.45) is 0 Å². The fourth-order valence-electron chi connectivity index (χ4n) is 2.65. The van der Waals surface area contributed by atoms with Gasteiger partial charge in [-0.2, -0.15) is 0 Å². The molecule has 0 aliphatic heterocycles. The molecule has 100 valence electrons. The molecule has 0 aromatic heterocycles. The highest BCUT2D eigenvalue weighted by Crippen LogP contribution is 2.28. The molecule has 1 heteroatoms. The normalized spacial score (nSPS) is 13.3. The van der Waals surface area contributed by atoms with E-state index in [1.54, 1.807) is 5.19 Å². The third-order valence-electron chi connectivity index (χ3n) is 4.10. The zero-order chi connectivity index (χ0) is 13.4. The maximum Gasteiger partial charge on any atom is 0.0873 e. The van der Waals surface area contributed by atoms with Crippen molar-refractivity contribution < 1.29 is 0 Å². The van der Waals surface area contributed by atoms with Gasteiger partial charge in [0.2, 0.25) is 0 Å². The first-order chi connectivity index (χ1) is 8.62. The van der Waals surface area contributed by atoms with Crippen molar-refractivity contribution in [3.05, 3.63) is 43.0 Å². The lowest BCUT2D eigenvalue weighted by Gasteiger charge is -2.31. The minimum Gasteiger partial charge on any atom is -0.103 e. The lowest BCUT2D eigenvalue weighted by Crippen LogP contribution is -2.45. The van der Waals surface area contributed by atoms with Crippen molar-refractivity contribution >= 4 is 13.3 Å². The molecule has 0 heterocycles. The molecule has 0 amide bonds. The average Bonchev–Trinajstić information content (AvgIpc) is 2.39. The van der Waals surface area contributed by atoms with Gasteiger partial charge in [0, 0.05) is 0 Å². The molecule has 0 spiro atoms. The van der Waals surface area contributed by atoms with Gasteiger partial charge in [-0.1, -0.05) is 87.3 Å². The second-order valence-corrected chi connectivity index (χ2v) is 10.5. The zero-order valence-electron chi connectivity index (χ0n) is 12.3. The summed E-state index contributed by atoms with van der Waals surface area (Å²) in [6.45, 7) is 11.3. The lowest BCUT2D eigenvalue weighted by atomic mass is 10.1. The van der Waals surface area contributed by atoms with Gasteiger partial charge in [0.1, 0.15) is 0 Å². The molecule has 0 N–H and O–H groups in total. The molecule has 0 saturated heterocycles. The second-order valence-electron chi connectivity index (χ2n) is 5.78. The van der Waals surface area contributed by atoms with E-state index in [1.807, 2.05) is 0 Å². The highest BCUT2D eigenvalue weighted by atomic mass is 28.3. The molecular formula is C17H28Si. The number of hydrogen-bond acceptors (Lipinski definition) is 0. The van der Waals surface area contributed by atoms with Crippen molar-refractivity contribution in [2.45, 2.75) is 57.7 Å². The van der Waals surface area contributed by atoms with Crippen LogP contribution in [0, 0.1) is 0 Å². The Bertz CT molecular complexity index is 340. The minimum absolute atomic E-state index is 0.705. The highest BCUT2D eigenvalue weighted by molar-refractivity contribution is 6.91. The number of unbranched alkanes of at least 4 members (excludes halogenated alkanes) is 3. The first kappa shape index (κ1) is 15.2. The van der Waals surface area contributed by atoms with Gasteiger partial charge in [0.25, 0.3) is 0 Å². The average molecular weight is 260 g/mol. The molecular weight excluding hydrogens is 232 g/mol. The second kappa shape index (κ2) is 7.58. The van der Waals surface area contributed by atoms with E-state index >= 15 is 0 Å². The van der Waals surface area contributed by atoms with Crippen LogP contribution in [0.2, 0.25) is 18.6 Å². The van der Waals surface area contributed by atoms with Crippen LogP contribution >= 0.6 is 0 Å². The van der Waals surface area contributed by atoms with Crippen molar-refractivity contribution in [3.8, 4) is 0 Å². The maximum atomic E-state index is 4.09. The van der Waals surface area contributed by atoms with E-state index in [-0.39, 0.29) is 0 Å². The minimum atomic E-state index is -1.39. The molecule has 1 atom stereocenters. The number of benzene rings is 1. The summed E-state index contributed by atoms with van der Waals surface area (Å²) < 4.78 is 0. The van der Waals surface area contributed by atoms with Crippen LogP contribution in [-0.4, -0.2) is 8.07 Å². The summed E-state index contributed by atoms with van der Waals surface area (Å²) in [5.41, 5.74) is 0.705. The first-order valence-corrected chi connectivity index (χ1v) is 10.4. The van der Waals surface area contributed by atoms with Gasteiger partial charge in [-0.3, -0.25) is 0 Å². The summed E-state index contributed by atoms with van der Waals surface area (Å²) in [4.78, 5) is 0. The number of rotatable bonds is 8. The van der Waals surface area contributed by atoms with Crippen LogP contribution in [0.5, 0.6) is 0 Å². The van der Waals surface area contributed by atoms with Crippen LogP contribution in [0.3, 0.4) is 0 Å². The molecule has 0 bridgehead atoms. The Kier molecular flexibility index (Phi) is 6.41. The molecule has 0 radical (unpaired) electrons. The van der Waals surface area contributed by atoms with Gasteiger partial charge in [0.15, 0.2) is 0 Å².